The highest BCUT2D eigenvalue weighted by atomic mass is 32.2. The predicted octanol–water partition coefficient (Wildman–Crippen LogP) is 1.30. The lowest BCUT2D eigenvalue weighted by Gasteiger charge is -2.22. The average molecular weight is 299 g/mol. The van der Waals surface area contributed by atoms with Gasteiger partial charge in [-0.2, -0.15) is 11.8 Å². The van der Waals surface area contributed by atoms with Crippen LogP contribution in [0.25, 0.3) is 0 Å². The van der Waals surface area contributed by atoms with Gasteiger partial charge in [0, 0.05) is 12.3 Å². The van der Waals surface area contributed by atoms with E-state index in [1.165, 1.54) is 11.8 Å². The van der Waals surface area contributed by atoms with Gasteiger partial charge in [0.15, 0.2) is 6.61 Å². The number of hydrogen-bond donors (Lipinski definition) is 2. The SMILES string of the molecule is COc1ccc(OCC(=O)NCC(C)(O)CSC)cc1. The number of hydrogen-bond acceptors (Lipinski definition) is 5. The van der Waals surface area contributed by atoms with Gasteiger partial charge in [0.25, 0.3) is 5.91 Å². The molecule has 0 saturated heterocycles. The van der Waals surface area contributed by atoms with Gasteiger partial charge in [0.05, 0.1) is 12.7 Å². The number of methoxy groups -OCH3 is 1. The second kappa shape index (κ2) is 8.01. The third-order valence-electron chi connectivity index (χ3n) is 2.55. The Morgan fingerprint density at radius 1 is 1.35 bits per heavy atom. The van der Waals surface area contributed by atoms with Crippen LogP contribution >= 0.6 is 11.8 Å². The Balaban J connectivity index is 2.32. The highest BCUT2D eigenvalue weighted by Gasteiger charge is 2.20. The molecule has 1 rings (SSSR count). The van der Waals surface area contributed by atoms with Gasteiger partial charge >= 0.3 is 0 Å². The van der Waals surface area contributed by atoms with E-state index in [1.807, 2.05) is 6.26 Å². The minimum Gasteiger partial charge on any atom is -0.497 e. The Labute approximate surface area is 123 Å². The van der Waals surface area contributed by atoms with Crippen molar-refractivity contribution >= 4 is 17.7 Å². The number of rotatable bonds is 8. The van der Waals surface area contributed by atoms with Crippen molar-refractivity contribution < 1.29 is 19.4 Å². The van der Waals surface area contributed by atoms with Gasteiger partial charge in [-0.25, -0.2) is 0 Å². The molecule has 0 heterocycles. The molecule has 1 aromatic carbocycles. The highest BCUT2D eigenvalue weighted by molar-refractivity contribution is 7.98. The molecule has 0 saturated carbocycles. The van der Waals surface area contributed by atoms with Crippen molar-refractivity contribution in [2.75, 3.05) is 32.3 Å². The molecule has 0 aromatic heterocycles. The molecule has 1 unspecified atom stereocenters. The molecule has 2 N–H and O–H groups in total. The van der Waals surface area contributed by atoms with Crippen molar-refractivity contribution in [2.45, 2.75) is 12.5 Å². The molecule has 0 fully saturated rings. The predicted molar refractivity (Wildman–Crippen MR) is 80.5 cm³/mol. The normalized spacial score (nSPS) is 13.4. The first kappa shape index (κ1) is 16.7. The number of aliphatic hydroxyl groups is 1. The molecule has 0 radical (unpaired) electrons. The van der Waals surface area contributed by atoms with Crippen molar-refractivity contribution in [3.05, 3.63) is 24.3 Å². The molecule has 1 aromatic rings. The lowest BCUT2D eigenvalue weighted by Crippen LogP contribution is -2.43. The summed E-state index contributed by atoms with van der Waals surface area (Å²) in [5.41, 5.74) is -0.908. The fourth-order valence-electron chi connectivity index (χ4n) is 1.52. The van der Waals surface area contributed by atoms with Crippen LogP contribution in [0.3, 0.4) is 0 Å². The molecule has 1 atom stereocenters. The summed E-state index contributed by atoms with van der Waals surface area (Å²) in [6, 6.07) is 6.99. The van der Waals surface area contributed by atoms with E-state index in [4.69, 9.17) is 9.47 Å². The zero-order valence-corrected chi connectivity index (χ0v) is 12.8. The molecule has 6 heteroatoms. The van der Waals surface area contributed by atoms with Gasteiger partial charge < -0.3 is 19.9 Å². The average Bonchev–Trinajstić information content (AvgIpc) is 2.43. The second-order valence-electron chi connectivity index (χ2n) is 4.67. The summed E-state index contributed by atoms with van der Waals surface area (Å²) >= 11 is 1.53. The van der Waals surface area contributed by atoms with Crippen LogP contribution in [0.4, 0.5) is 0 Å². The number of ether oxygens (including phenoxy) is 2. The lowest BCUT2D eigenvalue weighted by molar-refractivity contribution is -0.124. The topological polar surface area (TPSA) is 67.8 Å². The van der Waals surface area contributed by atoms with E-state index in [1.54, 1.807) is 38.3 Å². The maximum absolute atomic E-state index is 11.6. The molecule has 0 spiro atoms. The lowest BCUT2D eigenvalue weighted by atomic mass is 10.1. The second-order valence-corrected chi connectivity index (χ2v) is 5.54. The van der Waals surface area contributed by atoms with E-state index in [0.717, 1.165) is 5.75 Å². The van der Waals surface area contributed by atoms with Crippen LogP contribution in [0, 0.1) is 0 Å². The Morgan fingerprint density at radius 2 is 1.95 bits per heavy atom. The monoisotopic (exact) mass is 299 g/mol. The van der Waals surface area contributed by atoms with E-state index in [-0.39, 0.29) is 19.1 Å². The van der Waals surface area contributed by atoms with E-state index in [2.05, 4.69) is 5.32 Å². The van der Waals surface area contributed by atoms with Crippen molar-refractivity contribution in [2.24, 2.45) is 0 Å². The minimum atomic E-state index is -0.908. The van der Waals surface area contributed by atoms with E-state index < -0.39 is 5.60 Å². The summed E-state index contributed by atoms with van der Waals surface area (Å²) in [5, 5.41) is 12.6. The quantitative estimate of drug-likeness (QED) is 0.757. The minimum absolute atomic E-state index is 0.0817. The summed E-state index contributed by atoms with van der Waals surface area (Å²) < 4.78 is 10.4. The first-order valence-corrected chi connectivity index (χ1v) is 7.61. The van der Waals surface area contributed by atoms with Crippen molar-refractivity contribution in [1.82, 2.24) is 5.32 Å². The Hall–Kier alpha value is -1.40. The van der Waals surface area contributed by atoms with Crippen LogP contribution in [0.2, 0.25) is 0 Å². The Morgan fingerprint density at radius 3 is 2.50 bits per heavy atom. The first-order chi connectivity index (χ1) is 9.46. The third-order valence-corrected chi connectivity index (χ3v) is 3.46. The Kier molecular flexibility index (Phi) is 6.67. The van der Waals surface area contributed by atoms with Gasteiger partial charge in [-0.05, 0) is 37.4 Å². The standard InChI is InChI=1S/C14H21NO4S/c1-14(17,10-20-3)9-15-13(16)8-19-12-6-4-11(18-2)5-7-12/h4-7,17H,8-10H2,1-3H3,(H,15,16). The maximum Gasteiger partial charge on any atom is 0.258 e. The number of amides is 1. The van der Waals surface area contributed by atoms with E-state index >= 15 is 0 Å². The Bertz CT molecular complexity index is 420. The van der Waals surface area contributed by atoms with Gasteiger partial charge in [0.1, 0.15) is 11.5 Å². The number of nitrogens with one attached hydrogen (secondary N) is 1. The molecule has 112 valence electrons. The van der Waals surface area contributed by atoms with Crippen LogP contribution in [-0.2, 0) is 4.79 Å². The summed E-state index contributed by atoms with van der Waals surface area (Å²) in [4.78, 5) is 11.6. The number of benzene rings is 1. The van der Waals surface area contributed by atoms with Gasteiger partial charge in [-0.3, -0.25) is 4.79 Å². The van der Waals surface area contributed by atoms with Gasteiger partial charge in [-0.15, -0.1) is 0 Å². The molecule has 20 heavy (non-hydrogen) atoms. The number of thioether (sulfide) groups is 1. The molecule has 0 bridgehead atoms. The fourth-order valence-corrected chi connectivity index (χ4v) is 2.25. The third kappa shape index (κ3) is 6.16. The van der Waals surface area contributed by atoms with Gasteiger partial charge in [-0.1, -0.05) is 0 Å². The molecular weight excluding hydrogens is 278 g/mol. The maximum atomic E-state index is 11.6. The molecule has 5 nitrogen and oxygen atoms in total. The van der Waals surface area contributed by atoms with Crippen LogP contribution in [0.15, 0.2) is 24.3 Å². The zero-order valence-electron chi connectivity index (χ0n) is 12.0. The summed E-state index contributed by atoms with van der Waals surface area (Å²) in [7, 11) is 1.59. The van der Waals surface area contributed by atoms with Crippen LogP contribution < -0.4 is 14.8 Å². The largest absolute Gasteiger partial charge is 0.497 e. The fraction of sp³-hybridized carbons (Fsp3) is 0.500. The first-order valence-electron chi connectivity index (χ1n) is 6.22. The van der Waals surface area contributed by atoms with Crippen molar-refractivity contribution in [3.8, 4) is 11.5 Å². The summed E-state index contributed by atoms with van der Waals surface area (Å²) in [6.07, 6.45) is 1.91. The van der Waals surface area contributed by atoms with Crippen molar-refractivity contribution in [3.63, 3.8) is 0 Å². The summed E-state index contributed by atoms with van der Waals surface area (Å²) in [5.74, 6) is 1.63. The van der Waals surface area contributed by atoms with E-state index in [0.29, 0.717) is 11.5 Å². The smallest absolute Gasteiger partial charge is 0.258 e. The molecule has 0 aliphatic carbocycles. The molecule has 0 aliphatic heterocycles. The zero-order chi connectivity index (χ0) is 15.0. The van der Waals surface area contributed by atoms with E-state index in [9.17, 15) is 9.90 Å². The molecule has 1 amide bonds. The summed E-state index contributed by atoms with van der Waals surface area (Å²) in [6.45, 7) is 1.81. The van der Waals surface area contributed by atoms with Crippen LogP contribution in [-0.4, -0.2) is 48.9 Å². The number of carbonyl (C=O) groups is 1. The van der Waals surface area contributed by atoms with Crippen LogP contribution in [0.1, 0.15) is 6.92 Å². The molecular formula is C14H21NO4S. The van der Waals surface area contributed by atoms with Crippen LogP contribution in [0.5, 0.6) is 11.5 Å². The molecule has 0 aliphatic rings. The van der Waals surface area contributed by atoms with Crippen molar-refractivity contribution in [1.29, 1.82) is 0 Å². The number of carbonyl (C=O) groups excluding carboxylic acids is 1. The highest BCUT2D eigenvalue weighted by Crippen LogP contribution is 2.16. The van der Waals surface area contributed by atoms with Gasteiger partial charge in [0.2, 0.25) is 0 Å².